The van der Waals surface area contributed by atoms with E-state index in [1.165, 1.54) is 0 Å². The number of para-hydroxylation sites is 2. The fraction of sp³-hybridized carbons (Fsp3) is 0.118. The third kappa shape index (κ3) is 2.36. The normalized spacial score (nSPS) is 10.8. The molecule has 0 aliphatic heterocycles. The van der Waals surface area contributed by atoms with Crippen LogP contribution in [-0.2, 0) is 0 Å². The number of rotatable bonds is 4. The van der Waals surface area contributed by atoms with Gasteiger partial charge in [0.05, 0.1) is 17.8 Å². The van der Waals surface area contributed by atoms with Crippen LogP contribution in [0.4, 0.5) is 0 Å². The first-order chi connectivity index (χ1) is 10.3. The van der Waals surface area contributed by atoms with Gasteiger partial charge in [0.2, 0.25) is 0 Å². The Morgan fingerprint density at radius 3 is 2.76 bits per heavy atom. The molecule has 0 amide bonds. The number of benzene rings is 2. The van der Waals surface area contributed by atoms with Crippen LogP contribution in [0, 0.1) is 0 Å². The topological polar surface area (TPSA) is 42.1 Å². The van der Waals surface area contributed by atoms with Gasteiger partial charge in [-0.05, 0) is 41.1 Å². The van der Waals surface area contributed by atoms with Crippen molar-refractivity contribution in [3.05, 3.63) is 52.5 Å². The molecule has 106 valence electrons. The molecule has 0 aliphatic rings. The van der Waals surface area contributed by atoms with Crippen LogP contribution in [-0.4, -0.2) is 17.9 Å². The predicted octanol–water partition coefficient (Wildman–Crippen LogP) is 4.81. The summed E-state index contributed by atoms with van der Waals surface area (Å²) < 4.78 is 6.60. The number of aromatic amines is 1. The van der Waals surface area contributed by atoms with Gasteiger partial charge < -0.3 is 9.72 Å². The average molecular weight is 344 g/mol. The second kappa shape index (κ2) is 5.74. The molecular weight excluding hydrogens is 330 g/mol. The average Bonchev–Trinajstić information content (AvgIpc) is 2.88. The van der Waals surface area contributed by atoms with Gasteiger partial charge in [-0.25, -0.2) is 0 Å². The maximum absolute atomic E-state index is 11.6. The van der Waals surface area contributed by atoms with Crippen LogP contribution in [0.25, 0.3) is 22.2 Å². The van der Waals surface area contributed by atoms with E-state index in [2.05, 4.69) is 20.9 Å². The maximum Gasteiger partial charge on any atom is 0.152 e. The number of nitrogens with one attached hydrogen (secondary N) is 1. The molecule has 0 saturated carbocycles. The van der Waals surface area contributed by atoms with Crippen molar-refractivity contribution in [1.82, 2.24) is 4.98 Å². The summed E-state index contributed by atoms with van der Waals surface area (Å²) in [4.78, 5) is 14.9. The Bertz CT molecular complexity index is 808. The second-order valence-corrected chi connectivity index (χ2v) is 5.48. The quantitative estimate of drug-likeness (QED) is 0.690. The number of ether oxygens (including phenoxy) is 1. The number of aldehydes is 1. The van der Waals surface area contributed by atoms with Crippen LogP contribution in [0.15, 0.2) is 46.9 Å². The molecule has 0 spiro atoms. The molecule has 1 N–H and O–H groups in total. The Morgan fingerprint density at radius 1 is 1.19 bits per heavy atom. The van der Waals surface area contributed by atoms with Crippen molar-refractivity contribution in [3.63, 3.8) is 0 Å². The molecule has 4 heteroatoms. The van der Waals surface area contributed by atoms with Crippen molar-refractivity contribution in [3.8, 4) is 17.0 Å². The van der Waals surface area contributed by atoms with E-state index >= 15 is 0 Å². The third-order valence-corrected chi connectivity index (χ3v) is 4.06. The molecule has 0 atom stereocenters. The minimum absolute atomic E-state index is 0.581. The van der Waals surface area contributed by atoms with E-state index < -0.39 is 0 Å². The fourth-order valence-electron chi connectivity index (χ4n) is 2.49. The van der Waals surface area contributed by atoms with Crippen LogP contribution in [0.5, 0.6) is 5.75 Å². The Balaban J connectivity index is 2.30. The zero-order chi connectivity index (χ0) is 14.8. The summed E-state index contributed by atoms with van der Waals surface area (Å²) in [5.41, 5.74) is 3.25. The summed E-state index contributed by atoms with van der Waals surface area (Å²) in [5.74, 6) is 0.769. The molecule has 1 aromatic heterocycles. The van der Waals surface area contributed by atoms with Crippen molar-refractivity contribution in [1.29, 1.82) is 0 Å². The van der Waals surface area contributed by atoms with Crippen LogP contribution in [0.1, 0.15) is 17.3 Å². The van der Waals surface area contributed by atoms with Crippen molar-refractivity contribution in [2.75, 3.05) is 6.61 Å². The van der Waals surface area contributed by atoms with E-state index in [9.17, 15) is 4.79 Å². The van der Waals surface area contributed by atoms with Crippen LogP contribution < -0.4 is 4.74 Å². The van der Waals surface area contributed by atoms with Crippen molar-refractivity contribution in [2.24, 2.45) is 0 Å². The van der Waals surface area contributed by atoms with Gasteiger partial charge in [-0.1, -0.05) is 24.3 Å². The standard InChI is InChI=1S/C17H14BrNO2/c1-2-21-15-9-4-3-6-12(15)16-13(10-20)11-7-5-8-14(18)17(11)19-16/h3-10,19H,2H2,1H3. The molecular formula is C17H14BrNO2. The first kappa shape index (κ1) is 13.9. The summed E-state index contributed by atoms with van der Waals surface area (Å²) >= 11 is 3.52. The number of aromatic nitrogens is 1. The van der Waals surface area contributed by atoms with Crippen LogP contribution >= 0.6 is 15.9 Å². The molecule has 21 heavy (non-hydrogen) atoms. The summed E-state index contributed by atoms with van der Waals surface area (Å²) in [6.07, 6.45) is 0.892. The summed E-state index contributed by atoms with van der Waals surface area (Å²) in [5, 5.41) is 0.903. The summed E-state index contributed by atoms with van der Waals surface area (Å²) in [7, 11) is 0. The van der Waals surface area contributed by atoms with Gasteiger partial charge in [-0.15, -0.1) is 0 Å². The predicted molar refractivity (Wildman–Crippen MR) is 88.0 cm³/mol. The van der Waals surface area contributed by atoms with E-state index in [-0.39, 0.29) is 0 Å². The molecule has 0 unspecified atom stereocenters. The summed E-state index contributed by atoms with van der Waals surface area (Å²) in [6.45, 7) is 2.52. The van der Waals surface area contributed by atoms with E-state index in [0.717, 1.165) is 38.7 Å². The van der Waals surface area contributed by atoms with Gasteiger partial charge in [0.15, 0.2) is 6.29 Å². The lowest BCUT2D eigenvalue weighted by Gasteiger charge is -2.09. The van der Waals surface area contributed by atoms with E-state index in [1.54, 1.807) is 0 Å². The Hall–Kier alpha value is -2.07. The van der Waals surface area contributed by atoms with Gasteiger partial charge in [-0.3, -0.25) is 4.79 Å². The van der Waals surface area contributed by atoms with E-state index in [4.69, 9.17) is 4.74 Å². The molecule has 2 aromatic carbocycles. The Morgan fingerprint density at radius 2 is 2.00 bits per heavy atom. The highest BCUT2D eigenvalue weighted by molar-refractivity contribution is 9.10. The smallest absolute Gasteiger partial charge is 0.152 e. The molecule has 3 rings (SSSR count). The number of H-pyrrole nitrogens is 1. The second-order valence-electron chi connectivity index (χ2n) is 4.62. The van der Waals surface area contributed by atoms with Crippen LogP contribution in [0.2, 0.25) is 0 Å². The first-order valence-electron chi connectivity index (χ1n) is 6.73. The Labute approximate surface area is 131 Å². The molecule has 0 saturated heterocycles. The molecule has 3 aromatic rings. The molecule has 0 bridgehead atoms. The third-order valence-electron chi connectivity index (χ3n) is 3.40. The van der Waals surface area contributed by atoms with E-state index in [1.807, 2.05) is 49.4 Å². The number of hydrogen-bond donors (Lipinski definition) is 1. The van der Waals surface area contributed by atoms with Gasteiger partial charge in [-0.2, -0.15) is 0 Å². The number of carbonyl (C=O) groups excluding carboxylic acids is 1. The van der Waals surface area contributed by atoms with Gasteiger partial charge >= 0.3 is 0 Å². The monoisotopic (exact) mass is 343 g/mol. The molecule has 0 radical (unpaired) electrons. The highest BCUT2D eigenvalue weighted by Crippen LogP contribution is 2.36. The highest BCUT2D eigenvalue weighted by Gasteiger charge is 2.16. The van der Waals surface area contributed by atoms with Gasteiger partial charge in [0.25, 0.3) is 0 Å². The molecule has 1 heterocycles. The zero-order valence-electron chi connectivity index (χ0n) is 11.5. The largest absolute Gasteiger partial charge is 0.493 e. The highest BCUT2D eigenvalue weighted by atomic mass is 79.9. The Kier molecular flexibility index (Phi) is 3.80. The number of halogens is 1. The van der Waals surface area contributed by atoms with E-state index in [0.29, 0.717) is 12.2 Å². The van der Waals surface area contributed by atoms with Crippen molar-refractivity contribution in [2.45, 2.75) is 6.92 Å². The van der Waals surface area contributed by atoms with Crippen molar-refractivity contribution < 1.29 is 9.53 Å². The lowest BCUT2D eigenvalue weighted by Crippen LogP contribution is -1.95. The van der Waals surface area contributed by atoms with Gasteiger partial charge in [0.1, 0.15) is 5.75 Å². The molecule has 0 fully saturated rings. The SMILES string of the molecule is CCOc1ccccc1-c1[nH]c2c(Br)cccc2c1C=O. The molecule has 0 aliphatic carbocycles. The minimum Gasteiger partial charge on any atom is -0.493 e. The fourth-order valence-corrected chi connectivity index (χ4v) is 2.96. The molecule has 3 nitrogen and oxygen atoms in total. The van der Waals surface area contributed by atoms with Crippen LogP contribution in [0.3, 0.4) is 0 Å². The number of carbonyl (C=O) groups is 1. The van der Waals surface area contributed by atoms with Crippen molar-refractivity contribution >= 4 is 33.1 Å². The lowest BCUT2D eigenvalue weighted by atomic mass is 10.1. The van der Waals surface area contributed by atoms with Gasteiger partial charge in [0, 0.05) is 21.0 Å². The summed E-state index contributed by atoms with van der Waals surface area (Å²) in [6, 6.07) is 13.5. The number of hydrogen-bond acceptors (Lipinski definition) is 2. The number of fused-ring (bicyclic) bond motifs is 1. The maximum atomic E-state index is 11.6. The lowest BCUT2D eigenvalue weighted by molar-refractivity contribution is 0.112. The minimum atomic E-state index is 0.581. The zero-order valence-corrected chi connectivity index (χ0v) is 13.1. The first-order valence-corrected chi connectivity index (χ1v) is 7.53.